The van der Waals surface area contributed by atoms with Gasteiger partial charge in [-0.15, -0.1) is 0 Å². The van der Waals surface area contributed by atoms with Gasteiger partial charge in [-0.25, -0.2) is 9.37 Å². The van der Waals surface area contributed by atoms with Gasteiger partial charge in [0.1, 0.15) is 10.9 Å². The van der Waals surface area contributed by atoms with Crippen LogP contribution in [-0.2, 0) is 13.0 Å². The second-order valence-corrected chi connectivity index (χ2v) is 7.21. The van der Waals surface area contributed by atoms with Crippen LogP contribution in [0.2, 0.25) is 10.2 Å². The maximum absolute atomic E-state index is 15.0. The van der Waals surface area contributed by atoms with Crippen molar-refractivity contribution >= 4 is 29.1 Å². The van der Waals surface area contributed by atoms with E-state index in [-0.39, 0.29) is 33.7 Å². The van der Waals surface area contributed by atoms with E-state index in [2.05, 4.69) is 21.4 Å². The SMILES string of the molecule is CCCc1cc(C#N)cc(Oc2c(Cl)ccc(CNC(=O)c3nc[nH]c3Cl)c2F)c1. The molecule has 3 rings (SSSR count). The second-order valence-electron chi connectivity index (χ2n) is 6.43. The number of H-pyrrole nitrogens is 1. The number of carbonyl (C=O) groups is 1. The summed E-state index contributed by atoms with van der Waals surface area (Å²) >= 11 is 12.0. The van der Waals surface area contributed by atoms with Crippen LogP contribution in [0.3, 0.4) is 0 Å². The average molecular weight is 447 g/mol. The van der Waals surface area contributed by atoms with Crippen LogP contribution in [-0.4, -0.2) is 15.9 Å². The van der Waals surface area contributed by atoms with Crippen LogP contribution in [0, 0.1) is 17.1 Å². The van der Waals surface area contributed by atoms with E-state index in [4.69, 9.17) is 27.9 Å². The number of hydrogen-bond acceptors (Lipinski definition) is 4. The third kappa shape index (κ3) is 4.90. The van der Waals surface area contributed by atoms with Gasteiger partial charge in [0.25, 0.3) is 5.91 Å². The number of imidazole rings is 1. The number of hydrogen-bond donors (Lipinski definition) is 2. The molecule has 6 nitrogen and oxygen atoms in total. The predicted molar refractivity (Wildman–Crippen MR) is 111 cm³/mol. The molecule has 1 aromatic heterocycles. The molecule has 1 heterocycles. The van der Waals surface area contributed by atoms with Crippen molar-refractivity contribution in [3.8, 4) is 17.6 Å². The zero-order valence-corrected chi connectivity index (χ0v) is 17.4. The molecule has 0 bridgehead atoms. The van der Waals surface area contributed by atoms with E-state index >= 15 is 4.39 Å². The molecule has 0 fully saturated rings. The van der Waals surface area contributed by atoms with Gasteiger partial charge in [-0.3, -0.25) is 4.79 Å². The Morgan fingerprint density at radius 1 is 1.33 bits per heavy atom. The Morgan fingerprint density at radius 3 is 2.80 bits per heavy atom. The summed E-state index contributed by atoms with van der Waals surface area (Å²) in [6, 6.07) is 10.0. The van der Waals surface area contributed by atoms with Crippen molar-refractivity contribution in [2.75, 3.05) is 0 Å². The lowest BCUT2D eigenvalue weighted by molar-refractivity contribution is 0.0946. The fraction of sp³-hybridized carbons (Fsp3) is 0.190. The Hall–Kier alpha value is -3.08. The summed E-state index contributed by atoms with van der Waals surface area (Å²) in [5.74, 6) is -1.14. The van der Waals surface area contributed by atoms with E-state index in [9.17, 15) is 10.1 Å². The van der Waals surface area contributed by atoms with Crippen molar-refractivity contribution < 1.29 is 13.9 Å². The van der Waals surface area contributed by atoms with E-state index in [0.29, 0.717) is 11.3 Å². The lowest BCUT2D eigenvalue weighted by atomic mass is 10.1. The molecule has 30 heavy (non-hydrogen) atoms. The maximum atomic E-state index is 15.0. The zero-order valence-electron chi connectivity index (χ0n) is 15.9. The molecule has 0 aliphatic heterocycles. The molecule has 0 aliphatic rings. The number of nitriles is 1. The number of amides is 1. The van der Waals surface area contributed by atoms with Crippen molar-refractivity contribution in [1.29, 1.82) is 5.26 Å². The van der Waals surface area contributed by atoms with Crippen LogP contribution in [0.15, 0.2) is 36.7 Å². The number of benzene rings is 2. The Bertz CT molecular complexity index is 1120. The summed E-state index contributed by atoms with van der Waals surface area (Å²) in [5.41, 5.74) is 1.49. The number of aromatic amines is 1. The van der Waals surface area contributed by atoms with Gasteiger partial charge in [-0.05, 0) is 36.2 Å². The minimum absolute atomic E-state index is 0.0132. The van der Waals surface area contributed by atoms with E-state index in [1.807, 2.05) is 6.92 Å². The molecule has 2 aromatic carbocycles. The Kier molecular flexibility index (Phi) is 6.93. The molecule has 1 amide bonds. The number of nitrogens with zero attached hydrogens (tertiary/aromatic N) is 2. The summed E-state index contributed by atoms with van der Waals surface area (Å²) in [7, 11) is 0. The largest absolute Gasteiger partial charge is 0.453 e. The molecule has 0 atom stereocenters. The molecule has 0 radical (unpaired) electrons. The zero-order chi connectivity index (χ0) is 21.7. The monoisotopic (exact) mass is 446 g/mol. The molecule has 0 saturated carbocycles. The molecule has 154 valence electrons. The molecule has 9 heteroatoms. The van der Waals surface area contributed by atoms with Gasteiger partial charge >= 0.3 is 0 Å². The van der Waals surface area contributed by atoms with E-state index < -0.39 is 11.7 Å². The minimum atomic E-state index is -0.713. The first-order valence-electron chi connectivity index (χ1n) is 9.08. The van der Waals surface area contributed by atoms with Crippen LogP contribution < -0.4 is 10.1 Å². The number of aryl methyl sites for hydroxylation is 1. The van der Waals surface area contributed by atoms with Gasteiger partial charge in [0.05, 0.1) is 23.0 Å². The first kappa shape index (κ1) is 21.6. The summed E-state index contributed by atoms with van der Waals surface area (Å²) < 4.78 is 20.7. The highest BCUT2D eigenvalue weighted by Gasteiger charge is 2.18. The summed E-state index contributed by atoms with van der Waals surface area (Å²) in [6.07, 6.45) is 2.93. The lowest BCUT2D eigenvalue weighted by Crippen LogP contribution is -2.24. The van der Waals surface area contributed by atoms with Crippen molar-refractivity contribution in [2.24, 2.45) is 0 Å². The van der Waals surface area contributed by atoms with Gasteiger partial charge in [0.15, 0.2) is 17.3 Å². The molecule has 0 saturated heterocycles. The second kappa shape index (κ2) is 9.61. The summed E-state index contributed by atoms with van der Waals surface area (Å²) in [4.78, 5) is 18.5. The molecule has 0 unspecified atom stereocenters. The highest BCUT2D eigenvalue weighted by molar-refractivity contribution is 6.32. The van der Waals surface area contributed by atoms with Gasteiger partial charge in [-0.1, -0.05) is 42.6 Å². The van der Waals surface area contributed by atoms with Crippen LogP contribution in [0.25, 0.3) is 0 Å². The Labute approximate surface area is 182 Å². The normalized spacial score (nSPS) is 10.5. The van der Waals surface area contributed by atoms with Crippen molar-refractivity contribution in [3.05, 3.63) is 75.0 Å². The van der Waals surface area contributed by atoms with Crippen molar-refractivity contribution in [2.45, 2.75) is 26.3 Å². The topological polar surface area (TPSA) is 90.8 Å². The van der Waals surface area contributed by atoms with Crippen LogP contribution in [0.1, 0.15) is 40.5 Å². The fourth-order valence-corrected chi connectivity index (χ4v) is 3.20. The summed E-state index contributed by atoms with van der Waals surface area (Å²) in [5, 5.41) is 11.9. The molecule has 0 spiro atoms. The maximum Gasteiger partial charge on any atom is 0.273 e. The van der Waals surface area contributed by atoms with Gasteiger partial charge < -0.3 is 15.0 Å². The van der Waals surface area contributed by atoms with Gasteiger partial charge in [0, 0.05) is 12.1 Å². The van der Waals surface area contributed by atoms with Crippen LogP contribution in [0.4, 0.5) is 4.39 Å². The minimum Gasteiger partial charge on any atom is -0.453 e. The smallest absolute Gasteiger partial charge is 0.273 e. The Balaban J connectivity index is 1.83. The molecule has 0 aliphatic carbocycles. The lowest BCUT2D eigenvalue weighted by Gasteiger charge is -2.13. The van der Waals surface area contributed by atoms with Gasteiger partial charge in [0.2, 0.25) is 0 Å². The molecular weight excluding hydrogens is 430 g/mol. The van der Waals surface area contributed by atoms with E-state index in [1.165, 1.54) is 24.5 Å². The average Bonchev–Trinajstić information content (AvgIpc) is 3.16. The number of rotatable bonds is 7. The van der Waals surface area contributed by atoms with Crippen LogP contribution >= 0.6 is 23.2 Å². The molecule has 3 aromatic rings. The predicted octanol–water partition coefficient (Wildman–Crippen LogP) is 5.40. The molecular formula is C21H17Cl2FN4O2. The molecule has 2 N–H and O–H groups in total. The summed E-state index contributed by atoms with van der Waals surface area (Å²) in [6.45, 7) is 1.89. The highest BCUT2D eigenvalue weighted by Crippen LogP contribution is 2.35. The number of aromatic nitrogens is 2. The fourth-order valence-electron chi connectivity index (χ4n) is 2.83. The highest BCUT2D eigenvalue weighted by atomic mass is 35.5. The first-order valence-corrected chi connectivity index (χ1v) is 9.84. The van der Waals surface area contributed by atoms with Crippen LogP contribution in [0.5, 0.6) is 11.5 Å². The number of halogens is 3. The third-order valence-electron chi connectivity index (χ3n) is 4.23. The van der Waals surface area contributed by atoms with Gasteiger partial charge in [-0.2, -0.15) is 5.26 Å². The van der Waals surface area contributed by atoms with E-state index in [1.54, 1.807) is 12.1 Å². The van der Waals surface area contributed by atoms with Crippen molar-refractivity contribution in [1.82, 2.24) is 15.3 Å². The van der Waals surface area contributed by atoms with E-state index in [0.717, 1.165) is 18.4 Å². The standard InChI is InChI=1S/C21H17Cl2FN4O2/c1-2-3-12-6-13(9-25)8-15(7-12)30-19-16(22)5-4-14(17(19)24)10-26-21(29)18-20(23)28-11-27-18/h4-8,11H,2-3,10H2,1H3,(H,26,29)(H,27,28). The first-order chi connectivity index (χ1) is 14.4. The van der Waals surface area contributed by atoms with Crippen molar-refractivity contribution in [3.63, 3.8) is 0 Å². The third-order valence-corrected chi connectivity index (χ3v) is 4.82. The number of carbonyl (C=O) groups excluding carboxylic acids is 1. The number of nitrogens with one attached hydrogen (secondary N) is 2. The number of ether oxygens (including phenoxy) is 1. The quantitative estimate of drug-likeness (QED) is 0.507. The Morgan fingerprint density at radius 2 is 2.13 bits per heavy atom.